The highest BCUT2D eigenvalue weighted by atomic mass is 35.5. The second-order valence-electron chi connectivity index (χ2n) is 4.22. The molecule has 0 aliphatic carbocycles. The Morgan fingerprint density at radius 1 is 1.33 bits per heavy atom. The van der Waals surface area contributed by atoms with Crippen LogP contribution in [0.1, 0.15) is 17.1 Å². The third kappa shape index (κ3) is 2.54. The second kappa shape index (κ2) is 4.82. The Bertz CT molecular complexity index is 649. The highest BCUT2D eigenvalue weighted by Crippen LogP contribution is 2.19. The fraction of sp³-hybridized carbons (Fsp3) is 0.231. The summed E-state index contributed by atoms with van der Waals surface area (Å²) in [5.41, 5.74) is 7.73. The van der Waals surface area contributed by atoms with Gasteiger partial charge < -0.3 is 5.73 Å². The Labute approximate surface area is 110 Å². The molecule has 18 heavy (non-hydrogen) atoms. The Hall–Kier alpha value is -1.81. The van der Waals surface area contributed by atoms with Gasteiger partial charge in [-0.2, -0.15) is 0 Å². The number of rotatable bonds is 2. The molecule has 0 aliphatic heterocycles. The fourth-order valence-corrected chi connectivity index (χ4v) is 2.07. The molecule has 0 radical (unpaired) electrons. The van der Waals surface area contributed by atoms with E-state index >= 15 is 0 Å². The van der Waals surface area contributed by atoms with Crippen molar-refractivity contribution in [2.24, 2.45) is 0 Å². The normalized spacial score (nSPS) is 10.6. The van der Waals surface area contributed by atoms with E-state index in [4.69, 9.17) is 17.3 Å². The highest BCUT2D eigenvalue weighted by molar-refractivity contribution is 6.31. The number of aromatic nitrogens is 2. The lowest BCUT2D eigenvalue weighted by atomic mass is 10.2. The first-order valence-corrected chi connectivity index (χ1v) is 5.94. The van der Waals surface area contributed by atoms with Gasteiger partial charge in [0.1, 0.15) is 5.82 Å². The zero-order valence-corrected chi connectivity index (χ0v) is 11.0. The van der Waals surface area contributed by atoms with Gasteiger partial charge >= 0.3 is 0 Å². The molecule has 5 heteroatoms. The maximum atomic E-state index is 11.9. The van der Waals surface area contributed by atoms with E-state index in [-0.39, 0.29) is 5.56 Å². The van der Waals surface area contributed by atoms with Crippen molar-refractivity contribution in [3.8, 4) is 0 Å². The third-order valence-electron chi connectivity index (χ3n) is 2.73. The molecule has 0 spiro atoms. The van der Waals surface area contributed by atoms with Crippen LogP contribution in [0.5, 0.6) is 0 Å². The molecule has 0 fully saturated rings. The van der Waals surface area contributed by atoms with Crippen LogP contribution in [0.25, 0.3) is 0 Å². The van der Waals surface area contributed by atoms with Crippen molar-refractivity contribution in [2.45, 2.75) is 20.4 Å². The number of nitrogen functional groups attached to an aromatic ring is 1. The largest absolute Gasteiger partial charge is 0.399 e. The number of nitrogens with zero attached hydrogens (tertiary/aromatic N) is 2. The number of nitrogens with two attached hydrogens (primary N) is 1. The van der Waals surface area contributed by atoms with Crippen LogP contribution in [0.3, 0.4) is 0 Å². The molecule has 2 N–H and O–H groups in total. The molecular formula is C13H14ClN3O. The monoisotopic (exact) mass is 263 g/mol. The van der Waals surface area contributed by atoms with Gasteiger partial charge in [0.25, 0.3) is 5.56 Å². The minimum Gasteiger partial charge on any atom is -0.399 e. The molecule has 0 amide bonds. The summed E-state index contributed by atoms with van der Waals surface area (Å²) >= 11 is 6.10. The van der Waals surface area contributed by atoms with Crippen LogP contribution in [-0.2, 0) is 6.54 Å². The van der Waals surface area contributed by atoms with Gasteiger partial charge in [0.2, 0.25) is 0 Å². The lowest BCUT2D eigenvalue weighted by Gasteiger charge is -2.11. The molecule has 2 aromatic rings. The average molecular weight is 264 g/mol. The topological polar surface area (TPSA) is 60.9 Å². The van der Waals surface area contributed by atoms with Crippen molar-refractivity contribution >= 4 is 17.3 Å². The van der Waals surface area contributed by atoms with Gasteiger partial charge in [-0.15, -0.1) is 0 Å². The van der Waals surface area contributed by atoms with E-state index in [0.29, 0.717) is 23.1 Å². The summed E-state index contributed by atoms with van der Waals surface area (Å²) in [4.78, 5) is 16.2. The Morgan fingerprint density at radius 3 is 2.67 bits per heavy atom. The Morgan fingerprint density at radius 2 is 2.06 bits per heavy atom. The fourth-order valence-electron chi connectivity index (χ4n) is 1.82. The summed E-state index contributed by atoms with van der Waals surface area (Å²) in [6.45, 7) is 4.01. The number of hydrogen-bond acceptors (Lipinski definition) is 3. The van der Waals surface area contributed by atoms with Gasteiger partial charge in [-0.3, -0.25) is 9.36 Å². The zero-order chi connectivity index (χ0) is 13.3. The van der Waals surface area contributed by atoms with Crippen molar-refractivity contribution in [1.29, 1.82) is 0 Å². The lowest BCUT2D eigenvalue weighted by molar-refractivity contribution is 0.694. The minimum absolute atomic E-state index is 0.0760. The maximum absolute atomic E-state index is 11.9. The van der Waals surface area contributed by atoms with Crippen LogP contribution < -0.4 is 11.3 Å². The molecule has 2 rings (SSSR count). The number of anilines is 1. The summed E-state index contributed by atoms with van der Waals surface area (Å²) in [6, 6.07) is 6.78. The van der Waals surface area contributed by atoms with Gasteiger partial charge in [-0.1, -0.05) is 17.7 Å². The molecule has 0 aliphatic rings. The summed E-state index contributed by atoms with van der Waals surface area (Å²) in [5.74, 6) is 0.674. The van der Waals surface area contributed by atoms with Crippen LogP contribution in [0, 0.1) is 13.8 Å². The Kier molecular flexibility index (Phi) is 3.39. The third-order valence-corrected chi connectivity index (χ3v) is 3.08. The molecule has 0 atom stereocenters. The van der Waals surface area contributed by atoms with Gasteiger partial charge in [-0.05, 0) is 31.5 Å². The molecule has 94 valence electrons. The summed E-state index contributed by atoms with van der Waals surface area (Å²) in [6.07, 6.45) is 0. The SMILES string of the molecule is Cc1cc(=O)n(Cc2ccc(N)cc2Cl)c(C)n1. The van der Waals surface area contributed by atoms with Crippen LogP contribution in [0.15, 0.2) is 29.1 Å². The average Bonchev–Trinajstić information content (AvgIpc) is 2.25. The van der Waals surface area contributed by atoms with Crippen LogP contribution >= 0.6 is 11.6 Å². The summed E-state index contributed by atoms with van der Waals surface area (Å²) in [5, 5.41) is 0.557. The smallest absolute Gasteiger partial charge is 0.254 e. The van der Waals surface area contributed by atoms with Gasteiger partial charge in [0.15, 0.2) is 0 Å². The van der Waals surface area contributed by atoms with Gasteiger partial charge in [0, 0.05) is 22.5 Å². The van der Waals surface area contributed by atoms with E-state index in [1.165, 1.54) is 6.07 Å². The molecule has 1 heterocycles. The number of aryl methyl sites for hydroxylation is 2. The molecule has 1 aromatic heterocycles. The quantitative estimate of drug-likeness (QED) is 0.845. The lowest BCUT2D eigenvalue weighted by Crippen LogP contribution is -2.24. The van der Waals surface area contributed by atoms with Crippen LogP contribution in [-0.4, -0.2) is 9.55 Å². The molecule has 0 saturated carbocycles. The number of hydrogen-bond donors (Lipinski definition) is 1. The van der Waals surface area contributed by atoms with Crippen molar-refractivity contribution < 1.29 is 0 Å². The van der Waals surface area contributed by atoms with E-state index in [1.807, 2.05) is 6.07 Å². The predicted molar refractivity (Wildman–Crippen MR) is 72.9 cm³/mol. The van der Waals surface area contributed by atoms with E-state index in [2.05, 4.69) is 4.98 Å². The summed E-state index contributed by atoms with van der Waals surface area (Å²) < 4.78 is 1.59. The number of halogens is 1. The van der Waals surface area contributed by atoms with Crippen molar-refractivity contribution in [1.82, 2.24) is 9.55 Å². The molecule has 0 saturated heterocycles. The molecule has 1 aromatic carbocycles. The first-order valence-electron chi connectivity index (χ1n) is 5.56. The highest BCUT2D eigenvalue weighted by Gasteiger charge is 2.07. The first-order chi connectivity index (χ1) is 8.47. The van der Waals surface area contributed by atoms with Crippen molar-refractivity contribution in [3.63, 3.8) is 0 Å². The van der Waals surface area contributed by atoms with E-state index in [0.717, 1.165) is 11.3 Å². The second-order valence-corrected chi connectivity index (χ2v) is 4.63. The molecular weight excluding hydrogens is 250 g/mol. The zero-order valence-electron chi connectivity index (χ0n) is 10.3. The molecule has 0 bridgehead atoms. The minimum atomic E-state index is -0.0760. The molecule has 4 nitrogen and oxygen atoms in total. The van der Waals surface area contributed by atoms with Gasteiger partial charge in [-0.25, -0.2) is 4.98 Å². The van der Waals surface area contributed by atoms with E-state index in [9.17, 15) is 4.79 Å². The predicted octanol–water partition coefficient (Wildman–Crippen LogP) is 2.14. The Balaban J connectivity index is 2.43. The van der Waals surface area contributed by atoms with Crippen LogP contribution in [0.4, 0.5) is 5.69 Å². The first kappa shape index (κ1) is 12.6. The standard InChI is InChI=1S/C13H14ClN3O/c1-8-5-13(18)17(9(2)16-8)7-10-3-4-11(15)6-12(10)14/h3-6H,7,15H2,1-2H3. The van der Waals surface area contributed by atoms with E-state index in [1.54, 1.807) is 30.5 Å². The number of benzene rings is 1. The van der Waals surface area contributed by atoms with Crippen LogP contribution in [0.2, 0.25) is 5.02 Å². The maximum Gasteiger partial charge on any atom is 0.254 e. The molecule has 0 unspecified atom stereocenters. The van der Waals surface area contributed by atoms with E-state index < -0.39 is 0 Å². The summed E-state index contributed by atoms with van der Waals surface area (Å²) in [7, 11) is 0. The van der Waals surface area contributed by atoms with Crippen molar-refractivity contribution in [3.05, 3.63) is 56.7 Å². The van der Waals surface area contributed by atoms with Gasteiger partial charge in [0.05, 0.1) is 6.54 Å². The van der Waals surface area contributed by atoms with Crippen molar-refractivity contribution in [2.75, 3.05) is 5.73 Å².